The first-order chi connectivity index (χ1) is 10.5. The van der Waals surface area contributed by atoms with Gasteiger partial charge in [0.1, 0.15) is 0 Å². The Bertz CT molecular complexity index is 532. The van der Waals surface area contributed by atoms with Gasteiger partial charge in [0, 0.05) is 6.42 Å². The molecule has 0 unspecified atom stereocenters. The molecule has 122 valence electrons. The summed E-state index contributed by atoms with van der Waals surface area (Å²) in [6, 6.07) is 0. The van der Waals surface area contributed by atoms with Gasteiger partial charge in [-0.2, -0.15) is 0 Å². The summed E-state index contributed by atoms with van der Waals surface area (Å²) in [7, 11) is 1.80. The lowest BCUT2D eigenvalue weighted by atomic mass is 9.52. The van der Waals surface area contributed by atoms with E-state index in [0.29, 0.717) is 0 Å². The fourth-order valence-corrected chi connectivity index (χ4v) is 6.43. The minimum atomic E-state index is -0.0626. The summed E-state index contributed by atoms with van der Waals surface area (Å²) < 4.78 is 5.50. The molecule has 0 heterocycles. The highest BCUT2D eigenvalue weighted by Crippen LogP contribution is 2.62. The third-order valence-electron chi connectivity index (χ3n) is 7.61. The van der Waals surface area contributed by atoms with Crippen LogP contribution in [0.15, 0.2) is 23.0 Å². The van der Waals surface area contributed by atoms with Crippen LogP contribution in [0.1, 0.15) is 58.8 Å². The van der Waals surface area contributed by atoms with Crippen LogP contribution in [0, 0.1) is 29.1 Å². The summed E-state index contributed by atoms with van der Waals surface area (Å²) in [5, 5.41) is 10.5. The Balaban J connectivity index is 1.66. The second-order valence-corrected chi connectivity index (χ2v) is 8.49. The van der Waals surface area contributed by atoms with E-state index >= 15 is 0 Å². The number of aliphatic hydroxyl groups is 1. The number of aliphatic hydroxyl groups excluding tert-OH is 1. The van der Waals surface area contributed by atoms with Gasteiger partial charge in [0.2, 0.25) is 0 Å². The van der Waals surface area contributed by atoms with Crippen LogP contribution in [-0.4, -0.2) is 18.3 Å². The van der Waals surface area contributed by atoms with Gasteiger partial charge in [0.25, 0.3) is 0 Å². The van der Waals surface area contributed by atoms with E-state index < -0.39 is 0 Å². The molecule has 4 rings (SSSR count). The molecule has 0 amide bonds. The van der Waals surface area contributed by atoms with E-state index in [4.69, 9.17) is 4.74 Å². The Labute approximate surface area is 134 Å². The average molecular weight is 302 g/mol. The quantitative estimate of drug-likeness (QED) is 0.725. The Morgan fingerprint density at radius 2 is 2.09 bits per heavy atom. The fraction of sp³-hybridized carbons (Fsp3) is 0.800. The lowest BCUT2D eigenvalue weighted by Crippen LogP contribution is -2.47. The summed E-state index contributed by atoms with van der Waals surface area (Å²) >= 11 is 0. The minimum Gasteiger partial charge on any atom is -0.501 e. The molecule has 0 saturated heterocycles. The Morgan fingerprint density at radius 3 is 2.86 bits per heavy atom. The molecule has 2 saturated carbocycles. The second-order valence-electron chi connectivity index (χ2n) is 8.49. The topological polar surface area (TPSA) is 29.5 Å². The molecule has 0 radical (unpaired) electrons. The van der Waals surface area contributed by atoms with Crippen LogP contribution in [-0.2, 0) is 4.74 Å². The van der Waals surface area contributed by atoms with E-state index in [2.05, 4.69) is 19.9 Å². The van der Waals surface area contributed by atoms with Gasteiger partial charge in [0.05, 0.1) is 19.0 Å². The van der Waals surface area contributed by atoms with Gasteiger partial charge in [-0.3, -0.25) is 0 Å². The van der Waals surface area contributed by atoms with Crippen molar-refractivity contribution in [3.63, 3.8) is 0 Å². The fourth-order valence-electron chi connectivity index (χ4n) is 6.43. The summed E-state index contributed by atoms with van der Waals surface area (Å²) in [6.45, 7) is 4.83. The highest BCUT2D eigenvalue weighted by Gasteiger charge is 2.56. The molecule has 0 aliphatic heterocycles. The highest BCUT2D eigenvalue weighted by molar-refractivity contribution is 5.33. The Kier molecular flexibility index (Phi) is 3.45. The number of methoxy groups -OCH3 is 1. The molecule has 0 bridgehead atoms. The molecule has 0 aromatic heterocycles. The van der Waals surface area contributed by atoms with Crippen molar-refractivity contribution in [3.05, 3.63) is 23.0 Å². The largest absolute Gasteiger partial charge is 0.501 e. The third-order valence-corrected chi connectivity index (χ3v) is 7.61. The van der Waals surface area contributed by atoms with E-state index in [1.807, 2.05) is 0 Å². The standard InChI is InChI=1S/C20H30O2/c1-12-10-13-11-14(22-3)4-5-15(13)16-8-9-20(2)17(19(12)16)6-7-18(20)21/h4,12,16-19,21H,5-11H2,1-3H3/t12-,16-,17-,18-,19-,20+/m1/s1. The van der Waals surface area contributed by atoms with Crippen molar-refractivity contribution in [2.24, 2.45) is 29.1 Å². The summed E-state index contributed by atoms with van der Waals surface area (Å²) in [5.41, 5.74) is 3.61. The van der Waals surface area contributed by atoms with Gasteiger partial charge in [-0.15, -0.1) is 0 Å². The van der Waals surface area contributed by atoms with Crippen molar-refractivity contribution in [1.29, 1.82) is 0 Å². The van der Waals surface area contributed by atoms with Gasteiger partial charge in [-0.05, 0) is 73.7 Å². The molecule has 0 spiro atoms. The molecular formula is C20H30O2. The first-order valence-electron chi connectivity index (χ1n) is 9.16. The molecule has 4 aliphatic carbocycles. The zero-order chi connectivity index (χ0) is 15.5. The number of allylic oxidation sites excluding steroid dienone is 3. The van der Waals surface area contributed by atoms with Crippen molar-refractivity contribution in [2.75, 3.05) is 7.11 Å². The van der Waals surface area contributed by atoms with Crippen LogP contribution in [0.4, 0.5) is 0 Å². The molecule has 0 aromatic carbocycles. The average Bonchev–Trinajstić information content (AvgIpc) is 2.82. The lowest BCUT2D eigenvalue weighted by Gasteiger charge is -2.53. The highest BCUT2D eigenvalue weighted by atomic mass is 16.5. The molecular weight excluding hydrogens is 272 g/mol. The molecule has 1 N–H and O–H groups in total. The molecule has 2 fully saturated rings. The monoisotopic (exact) mass is 302 g/mol. The lowest BCUT2D eigenvalue weighted by molar-refractivity contribution is -0.0454. The van der Waals surface area contributed by atoms with Gasteiger partial charge in [0.15, 0.2) is 0 Å². The Hall–Kier alpha value is -0.760. The third kappa shape index (κ3) is 1.95. The predicted octanol–water partition coefficient (Wildman–Crippen LogP) is 4.45. The van der Waals surface area contributed by atoms with E-state index in [-0.39, 0.29) is 11.5 Å². The van der Waals surface area contributed by atoms with E-state index in [1.54, 1.807) is 18.3 Å². The summed E-state index contributed by atoms with van der Waals surface area (Å²) in [5.74, 6) is 4.23. The van der Waals surface area contributed by atoms with E-state index in [0.717, 1.165) is 42.9 Å². The minimum absolute atomic E-state index is 0.0626. The number of hydrogen-bond acceptors (Lipinski definition) is 2. The zero-order valence-corrected chi connectivity index (χ0v) is 14.3. The number of fused-ring (bicyclic) bond motifs is 4. The maximum atomic E-state index is 10.5. The summed E-state index contributed by atoms with van der Waals surface area (Å²) in [6.07, 6.45) is 10.4. The van der Waals surface area contributed by atoms with Crippen molar-refractivity contribution in [1.82, 2.24) is 0 Å². The number of rotatable bonds is 1. The molecule has 4 aliphatic rings. The van der Waals surface area contributed by atoms with Crippen LogP contribution in [0.2, 0.25) is 0 Å². The predicted molar refractivity (Wildman–Crippen MR) is 88.2 cm³/mol. The van der Waals surface area contributed by atoms with Crippen LogP contribution < -0.4 is 0 Å². The zero-order valence-electron chi connectivity index (χ0n) is 14.3. The van der Waals surface area contributed by atoms with E-state index in [1.165, 1.54) is 31.4 Å². The first kappa shape index (κ1) is 14.8. The molecule has 0 aromatic rings. The van der Waals surface area contributed by atoms with Crippen molar-refractivity contribution in [3.8, 4) is 0 Å². The van der Waals surface area contributed by atoms with Crippen LogP contribution in [0.25, 0.3) is 0 Å². The van der Waals surface area contributed by atoms with Crippen LogP contribution in [0.5, 0.6) is 0 Å². The smallest absolute Gasteiger partial charge is 0.0959 e. The molecule has 2 nitrogen and oxygen atoms in total. The van der Waals surface area contributed by atoms with Gasteiger partial charge in [-0.1, -0.05) is 25.0 Å². The number of hydrogen-bond donors (Lipinski definition) is 1. The van der Waals surface area contributed by atoms with Gasteiger partial charge < -0.3 is 9.84 Å². The van der Waals surface area contributed by atoms with Gasteiger partial charge >= 0.3 is 0 Å². The summed E-state index contributed by atoms with van der Waals surface area (Å²) in [4.78, 5) is 0. The van der Waals surface area contributed by atoms with E-state index in [9.17, 15) is 5.11 Å². The van der Waals surface area contributed by atoms with Gasteiger partial charge in [-0.25, -0.2) is 0 Å². The number of ether oxygens (including phenoxy) is 1. The molecule has 22 heavy (non-hydrogen) atoms. The van der Waals surface area contributed by atoms with Crippen molar-refractivity contribution in [2.45, 2.75) is 64.9 Å². The SMILES string of the molecule is COC1=CCC2=C(C1)C[C@@H](C)[C@@H]1[C@@H]2CC[C@]2(C)[C@H](O)CC[C@H]12. The molecule has 6 atom stereocenters. The normalized spacial score (nSPS) is 47.5. The van der Waals surface area contributed by atoms with Crippen LogP contribution >= 0.6 is 0 Å². The maximum Gasteiger partial charge on any atom is 0.0959 e. The van der Waals surface area contributed by atoms with Crippen molar-refractivity contribution < 1.29 is 9.84 Å². The second kappa shape index (κ2) is 5.12. The first-order valence-corrected chi connectivity index (χ1v) is 9.16. The Morgan fingerprint density at radius 1 is 1.27 bits per heavy atom. The maximum absolute atomic E-state index is 10.5. The van der Waals surface area contributed by atoms with Crippen LogP contribution in [0.3, 0.4) is 0 Å². The molecule has 2 heteroatoms. The van der Waals surface area contributed by atoms with Crippen molar-refractivity contribution >= 4 is 0 Å².